The number of fused-ring (bicyclic) bond motifs is 1. The van der Waals surface area contributed by atoms with E-state index in [1.165, 1.54) is 0 Å². The number of methoxy groups -OCH3 is 1. The van der Waals surface area contributed by atoms with Crippen molar-refractivity contribution in [2.75, 3.05) is 32.5 Å². The van der Waals surface area contributed by atoms with Gasteiger partial charge < -0.3 is 14.7 Å². The highest BCUT2D eigenvalue weighted by Gasteiger charge is 2.30. The highest BCUT2D eigenvalue weighted by atomic mass is 32.2. The van der Waals surface area contributed by atoms with Gasteiger partial charge in [0.15, 0.2) is 0 Å². The standard InChI is InChI=1S/C28H35FN4O3S/c1-36-22-7-9-26-24(18-22)23(11-14-30-26)25(29)8-5-20-12-16-33(19-21(20)6-10-28(34)35)15-3-17-37-27-4-2-13-31-32-27/h2,4,7,9,11,13-14,18,20-21,25H,3,5-6,8,10,12,15-17,19H2,1H3,(H,34,35)/t20?,21?,25-/m0/s1. The first-order valence-electron chi connectivity index (χ1n) is 12.9. The van der Waals surface area contributed by atoms with Crippen LogP contribution in [0.3, 0.4) is 0 Å². The van der Waals surface area contributed by atoms with Crippen molar-refractivity contribution < 1.29 is 19.0 Å². The van der Waals surface area contributed by atoms with E-state index in [0.717, 1.165) is 60.6 Å². The molecule has 1 aliphatic rings. The summed E-state index contributed by atoms with van der Waals surface area (Å²) < 4.78 is 20.9. The molecule has 3 aromatic rings. The molecule has 0 spiro atoms. The van der Waals surface area contributed by atoms with Gasteiger partial charge in [0.05, 0.1) is 12.6 Å². The number of pyridine rings is 1. The van der Waals surface area contributed by atoms with Crippen LogP contribution in [-0.2, 0) is 4.79 Å². The number of likely N-dealkylation sites (tertiary alicyclic amines) is 1. The van der Waals surface area contributed by atoms with Crippen LogP contribution in [0.5, 0.6) is 5.75 Å². The molecule has 0 aliphatic carbocycles. The normalized spacial score (nSPS) is 19.1. The summed E-state index contributed by atoms with van der Waals surface area (Å²) >= 11 is 1.70. The van der Waals surface area contributed by atoms with Crippen LogP contribution in [0.4, 0.5) is 4.39 Å². The average molecular weight is 527 g/mol. The molecular weight excluding hydrogens is 491 g/mol. The van der Waals surface area contributed by atoms with E-state index in [9.17, 15) is 9.90 Å². The molecule has 0 radical (unpaired) electrons. The largest absolute Gasteiger partial charge is 0.497 e. The molecule has 37 heavy (non-hydrogen) atoms. The number of piperidine rings is 1. The SMILES string of the molecule is COc1ccc2nccc([C@@H](F)CCC3CCN(CCCSc4cccnn4)CC3CCC(=O)O)c2c1. The van der Waals surface area contributed by atoms with E-state index in [2.05, 4.69) is 20.1 Å². The van der Waals surface area contributed by atoms with Gasteiger partial charge in [-0.15, -0.1) is 16.9 Å². The number of aliphatic carboxylic acids is 1. The van der Waals surface area contributed by atoms with Gasteiger partial charge in [0.25, 0.3) is 0 Å². The van der Waals surface area contributed by atoms with Crippen LogP contribution in [0.1, 0.15) is 50.3 Å². The van der Waals surface area contributed by atoms with Crippen molar-refractivity contribution >= 4 is 28.6 Å². The van der Waals surface area contributed by atoms with Crippen LogP contribution in [0.2, 0.25) is 0 Å². The molecule has 3 atom stereocenters. The number of carbonyl (C=O) groups is 1. The maximum absolute atomic E-state index is 15.5. The zero-order chi connectivity index (χ0) is 26.0. The summed E-state index contributed by atoms with van der Waals surface area (Å²) in [6.45, 7) is 2.82. The van der Waals surface area contributed by atoms with Gasteiger partial charge >= 0.3 is 5.97 Å². The van der Waals surface area contributed by atoms with Gasteiger partial charge in [-0.1, -0.05) is 0 Å². The lowest BCUT2D eigenvalue weighted by atomic mass is 9.79. The number of ether oxygens (including phenoxy) is 1. The first kappa shape index (κ1) is 27.3. The van der Waals surface area contributed by atoms with Crippen LogP contribution in [0, 0.1) is 11.8 Å². The Labute approximate surface area is 221 Å². The van der Waals surface area contributed by atoms with E-state index in [1.54, 1.807) is 37.3 Å². The summed E-state index contributed by atoms with van der Waals surface area (Å²) in [6.07, 6.45) is 6.19. The lowest BCUT2D eigenvalue weighted by Crippen LogP contribution is -2.41. The van der Waals surface area contributed by atoms with Crippen LogP contribution < -0.4 is 4.74 Å². The van der Waals surface area contributed by atoms with Crippen molar-refractivity contribution in [2.24, 2.45) is 11.8 Å². The average Bonchev–Trinajstić information content (AvgIpc) is 2.93. The molecule has 198 valence electrons. The number of rotatable bonds is 13. The minimum Gasteiger partial charge on any atom is -0.497 e. The molecule has 0 saturated carbocycles. The van der Waals surface area contributed by atoms with Crippen LogP contribution >= 0.6 is 11.8 Å². The van der Waals surface area contributed by atoms with Gasteiger partial charge in [0.1, 0.15) is 16.9 Å². The van der Waals surface area contributed by atoms with E-state index in [-0.39, 0.29) is 12.3 Å². The zero-order valence-electron chi connectivity index (χ0n) is 21.3. The second-order valence-corrected chi connectivity index (χ2v) is 10.7. The third kappa shape index (κ3) is 7.85. The number of hydrogen-bond acceptors (Lipinski definition) is 7. The number of hydrogen-bond donors (Lipinski definition) is 1. The van der Waals surface area contributed by atoms with Gasteiger partial charge in [-0.2, -0.15) is 5.10 Å². The number of benzene rings is 1. The van der Waals surface area contributed by atoms with Gasteiger partial charge in [-0.25, -0.2) is 4.39 Å². The predicted octanol–water partition coefficient (Wildman–Crippen LogP) is 5.81. The molecule has 1 N–H and O–H groups in total. The maximum atomic E-state index is 15.5. The van der Waals surface area contributed by atoms with Gasteiger partial charge in [0, 0.05) is 36.5 Å². The molecule has 7 nitrogen and oxygen atoms in total. The van der Waals surface area contributed by atoms with E-state index < -0.39 is 12.1 Å². The molecule has 0 bridgehead atoms. The van der Waals surface area contributed by atoms with E-state index in [0.29, 0.717) is 30.1 Å². The molecule has 2 unspecified atom stereocenters. The molecule has 1 saturated heterocycles. The van der Waals surface area contributed by atoms with E-state index in [1.807, 2.05) is 30.3 Å². The molecule has 9 heteroatoms. The van der Waals surface area contributed by atoms with E-state index >= 15 is 4.39 Å². The zero-order valence-corrected chi connectivity index (χ0v) is 22.1. The lowest BCUT2D eigenvalue weighted by molar-refractivity contribution is -0.137. The van der Waals surface area contributed by atoms with Crippen molar-refractivity contribution in [1.82, 2.24) is 20.1 Å². The maximum Gasteiger partial charge on any atom is 0.303 e. The number of carboxylic acid groups (broad SMARTS) is 1. The van der Waals surface area contributed by atoms with E-state index in [4.69, 9.17) is 4.74 Å². The van der Waals surface area contributed by atoms with Crippen molar-refractivity contribution in [3.05, 3.63) is 54.4 Å². The predicted molar refractivity (Wildman–Crippen MR) is 144 cm³/mol. The Morgan fingerprint density at radius 2 is 2.14 bits per heavy atom. The molecule has 1 fully saturated rings. The third-order valence-corrected chi connectivity index (χ3v) is 8.24. The van der Waals surface area contributed by atoms with Gasteiger partial charge in [-0.3, -0.25) is 9.78 Å². The molecule has 2 aromatic heterocycles. The van der Waals surface area contributed by atoms with Crippen molar-refractivity contribution in [3.8, 4) is 5.75 Å². The summed E-state index contributed by atoms with van der Waals surface area (Å²) in [5.74, 6) is 1.47. The smallest absolute Gasteiger partial charge is 0.303 e. The van der Waals surface area contributed by atoms with Crippen molar-refractivity contribution in [1.29, 1.82) is 0 Å². The topological polar surface area (TPSA) is 88.4 Å². The fourth-order valence-corrected chi connectivity index (χ4v) is 6.03. The Bertz CT molecular complexity index is 1150. The Morgan fingerprint density at radius 3 is 2.92 bits per heavy atom. The first-order valence-corrected chi connectivity index (χ1v) is 13.9. The number of thioether (sulfide) groups is 1. The highest BCUT2D eigenvalue weighted by molar-refractivity contribution is 7.99. The molecule has 0 amide bonds. The molecule has 3 heterocycles. The molecule has 1 aromatic carbocycles. The number of aromatic nitrogens is 3. The Kier molecular flexibility index (Phi) is 10.1. The Morgan fingerprint density at radius 1 is 1.24 bits per heavy atom. The van der Waals surface area contributed by atoms with Gasteiger partial charge in [-0.05, 0) is 99.0 Å². The highest BCUT2D eigenvalue weighted by Crippen LogP contribution is 2.36. The number of alkyl halides is 1. The Hall–Kier alpha value is -2.78. The monoisotopic (exact) mass is 526 g/mol. The quantitative estimate of drug-likeness (QED) is 0.221. The first-order chi connectivity index (χ1) is 18.0. The summed E-state index contributed by atoms with van der Waals surface area (Å²) in [7, 11) is 1.60. The van der Waals surface area contributed by atoms with Crippen LogP contribution in [0.15, 0.2) is 53.8 Å². The lowest BCUT2D eigenvalue weighted by Gasteiger charge is -2.39. The van der Waals surface area contributed by atoms with Crippen molar-refractivity contribution in [3.63, 3.8) is 0 Å². The number of nitrogens with zero attached hydrogens (tertiary/aromatic N) is 4. The molecular formula is C28H35FN4O3S. The second kappa shape index (κ2) is 13.7. The summed E-state index contributed by atoms with van der Waals surface area (Å²) in [6, 6.07) is 11.2. The minimum absolute atomic E-state index is 0.158. The Balaban J connectivity index is 1.32. The third-order valence-electron chi connectivity index (χ3n) is 7.23. The minimum atomic E-state index is -1.10. The fourth-order valence-electron chi connectivity index (χ4n) is 5.27. The molecule has 4 rings (SSSR count). The van der Waals surface area contributed by atoms with Gasteiger partial charge in [0.2, 0.25) is 0 Å². The summed E-state index contributed by atoms with van der Waals surface area (Å²) in [4.78, 5) is 18.1. The summed E-state index contributed by atoms with van der Waals surface area (Å²) in [5, 5.41) is 19.0. The molecule has 1 aliphatic heterocycles. The van der Waals surface area contributed by atoms with Crippen molar-refractivity contribution in [2.45, 2.75) is 49.7 Å². The number of halogens is 1. The summed E-state index contributed by atoms with van der Waals surface area (Å²) in [5.41, 5.74) is 1.40. The van der Waals surface area contributed by atoms with Crippen LogP contribution in [0.25, 0.3) is 10.9 Å². The fraction of sp³-hybridized carbons (Fsp3) is 0.500. The second-order valence-electron chi connectivity index (χ2n) is 9.63. The number of carboxylic acids is 1. The van der Waals surface area contributed by atoms with Crippen LogP contribution in [-0.4, -0.2) is 63.7 Å².